The lowest BCUT2D eigenvalue weighted by Gasteiger charge is -2.22. The van der Waals surface area contributed by atoms with Crippen LogP contribution in [-0.4, -0.2) is 24.5 Å². The second-order valence-electron chi connectivity index (χ2n) is 9.77. The van der Waals surface area contributed by atoms with Crippen molar-refractivity contribution in [2.75, 3.05) is 13.2 Å². The van der Waals surface area contributed by atoms with Gasteiger partial charge in [-0.05, 0) is 61.9 Å². The van der Waals surface area contributed by atoms with Crippen molar-refractivity contribution >= 4 is 24.4 Å². The maximum atomic E-state index is 14.0. The molecule has 5 nitrogen and oxygen atoms in total. The normalized spacial score (nSPS) is 12.2. The van der Waals surface area contributed by atoms with Crippen molar-refractivity contribution in [2.45, 2.75) is 53.9 Å². The molecule has 3 aromatic carbocycles. The van der Waals surface area contributed by atoms with E-state index in [2.05, 4.69) is 20.8 Å². The van der Waals surface area contributed by atoms with E-state index in [4.69, 9.17) is 9.47 Å². The van der Waals surface area contributed by atoms with Crippen LogP contribution in [0.2, 0.25) is 0 Å². The Balaban J connectivity index is 2.19. The molecular formula is C30H35O5P. The van der Waals surface area contributed by atoms with Gasteiger partial charge in [-0.3, -0.25) is 9.59 Å². The lowest BCUT2D eigenvalue weighted by molar-refractivity contribution is 0.103. The highest BCUT2D eigenvalue weighted by molar-refractivity contribution is 7.72. The molecule has 1 atom stereocenters. The largest absolute Gasteiger partial charge is 0.493 e. The first-order chi connectivity index (χ1) is 17.0. The third-order valence-electron chi connectivity index (χ3n) is 6.05. The molecule has 190 valence electrons. The second kappa shape index (κ2) is 11.3. The summed E-state index contributed by atoms with van der Waals surface area (Å²) in [6, 6.07) is 16.0. The van der Waals surface area contributed by atoms with E-state index in [1.54, 1.807) is 43.3 Å². The molecule has 0 aliphatic rings. The Morgan fingerprint density at radius 1 is 0.861 bits per heavy atom. The van der Waals surface area contributed by atoms with Gasteiger partial charge in [0.05, 0.1) is 18.8 Å². The SMILES string of the molecule is CCOc1ccc(C(=O)c2ccccc2)c(OCC)c1[PH](=O)C(=O)c1c(C)cc(C(C)(C)C)cc1C. The van der Waals surface area contributed by atoms with Crippen LogP contribution >= 0.6 is 7.80 Å². The number of hydrogen-bond donors (Lipinski definition) is 0. The molecular weight excluding hydrogens is 471 g/mol. The first-order valence-corrected chi connectivity index (χ1v) is 13.6. The molecule has 0 aromatic heterocycles. The summed E-state index contributed by atoms with van der Waals surface area (Å²) in [5, 5.41) is 0.161. The van der Waals surface area contributed by atoms with Crippen molar-refractivity contribution in [1.82, 2.24) is 0 Å². The highest BCUT2D eigenvalue weighted by Gasteiger charge is 2.30. The summed E-state index contributed by atoms with van der Waals surface area (Å²) in [5.41, 5.74) is 3.27. The van der Waals surface area contributed by atoms with Crippen LogP contribution in [0.5, 0.6) is 11.5 Å². The van der Waals surface area contributed by atoms with E-state index in [1.165, 1.54) is 0 Å². The van der Waals surface area contributed by atoms with E-state index in [9.17, 15) is 14.2 Å². The van der Waals surface area contributed by atoms with E-state index in [1.807, 2.05) is 39.0 Å². The molecule has 0 bridgehead atoms. The summed E-state index contributed by atoms with van der Waals surface area (Å²) in [7, 11) is -3.12. The van der Waals surface area contributed by atoms with Crippen molar-refractivity contribution in [3.05, 3.63) is 88.0 Å². The predicted molar refractivity (Wildman–Crippen MR) is 146 cm³/mol. The van der Waals surface area contributed by atoms with Gasteiger partial charge < -0.3 is 14.0 Å². The van der Waals surface area contributed by atoms with Crippen molar-refractivity contribution in [3.8, 4) is 11.5 Å². The molecule has 1 unspecified atom stereocenters. The van der Waals surface area contributed by atoms with Crippen molar-refractivity contribution in [3.63, 3.8) is 0 Å². The van der Waals surface area contributed by atoms with Crippen LogP contribution in [0, 0.1) is 13.8 Å². The van der Waals surface area contributed by atoms with Gasteiger partial charge in [-0.1, -0.05) is 63.2 Å². The Bertz CT molecular complexity index is 1280. The molecule has 36 heavy (non-hydrogen) atoms. The first-order valence-electron chi connectivity index (χ1n) is 12.2. The third kappa shape index (κ3) is 5.63. The van der Waals surface area contributed by atoms with Gasteiger partial charge in [0, 0.05) is 11.1 Å². The molecule has 0 N–H and O–H groups in total. The Kier molecular flexibility index (Phi) is 8.58. The number of aryl methyl sites for hydroxylation is 2. The van der Waals surface area contributed by atoms with Crippen molar-refractivity contribution in [1.29, 1.82) is 0 Å². The standard InChI is InChI=1S/C30H35O5P/c1-8-34-24-16-15-23(26(31)21-13-11-10-12-14-21)27(35-9-2)28(24)36(33)29(32)25-19(3)17-22(18-20(25)4)30(5,6)7/h10-18,36H,8-9H2,1-7H3. The molecule has 0 heterocycles. The van der Waals surface area contributed by atoms with Crippen molar-refractivity contribution in [2.24, 2.45) is 0 Å². The predicted octanol–water partition coefficient (Wildman–Crippen LogP) is 6.65. The summed E-state index contributed by atoms with van der Waals surface area (Å²) in [6.07, 6.45) is 0. The number of benzene rings is 3. The Hall–Kier alpha value is -3.17. The Morgan fingerprint density at radius 2 is 1.44 bits per heavy atom. The van der Waals surface area contributed by atoms with E-state index < -0.39 is 13.3 Å². The van der Waals surface area contributed by atoms with Crippen LogP contribution in [0.4, 0.5) is 0 Å². The van der Waals surface area contributed by atoms with Crippen LogP contribution in [0.25, 0.3) is 0 Å². The molecule has 0 saturated carbocycles. The van der Waals surface area contributed by atoms with Gasteiger partial charge >= 0.3 is 0 Å². The summed E-state index contributed by atoms with van der Waals surface area (Å²) >= 11 is 0. The Morgan fingerprint density at radius 3 is 1.97 bits per heavy atom. The van der Waals surface area contributed by atoms with Crippen LogP contribution in [-0.2, 0) is 9.98 Å². The van der Waals surface area contributed by atoms with E-state index in [-0.39, 0.29) is 34.4 Å². The van der Waals surface area contributed by atoms with Crippen LogP contribution in [0.1, 0.15) is 77.6 Å². The van der Waals surface area contributed by atoms with Crippen LogP contribution in [0.3, 0.4) is 0 Å². The van der Waals surface area contributed by atoms with Gasteiger partial charge in [0.15, 0.2) is 13.6 Å². The third-order valence-corrected chi connectivity index (χ3v) is 7.64. The lowest BCUT2D eigenvalue weighted by Crippen LogP contribution is -2.18. The Labute approximate surface area is 214 Å². The highest BCUT2D eigenvalue weighted by atomic mass is 31.1. The molecule has 0 saturated heterocycles. The van der Waals surface area contributed by atoms with Gasteiger partial charge in [0.2, 0.25) is 5.52 Å². The number of ketones is 1. The molecule has 0 aliphatic carbocycles. The fourth-order valence-electron chi connectivity index (χ4n) is 4.26. The minimum absolute atomic E-state index is 0.0846. The average Bonchev–Trinajstić information content (AvgIpc) is 2.83. The number of carbonyl (C=O) groups excluding carboxylic acids is 2. The minimum Gasteiger partial charge on any atom is -0.493 e. The lowest BCUT2D eigenvalue weighted by atomic mass is 9.84. The maximum absolute atomic E-state index is 14.0. The van der Waals surface area contributed by atoms with Gasteiger partial charge in [-0.15, -0.1) is 0 Å². The fraction of sp³-hybridized carbons (Fsp3) is 0.333. The number of rotatable bonds is 9. The zero-order valence-corrected chi connectivity index (χ0v) is 23.2. The van der Waals surface area contributed by atoms with Crippen LogP contribution < -0.4 is 14.8 Å². The van der Waals surface area contributed by atoms with Crippen LogP contribution in [0.15, 0.2) is 54.6 Å². The van der Waals surface area contributed by atoms with Gasteiger partial charge in [-0.2, -0.15) is 0 Å². The summed E-state index contributed by atoms with van der Waals surface area (Å²) < 4.78 is 25.7. The van der Waals surface area contributed by atoms with Gasteiger partial charge in [0.1, 0.15) is 16.8 Å². The number of carbonyl (C=O) groups is 2. The van der Waals surface area contributed by atoms with Gasteiger partial charge in [0.25, 0.3) is 0 Å². The topological polar surface area (TPSA) is 69.7 Å². The highest BCUT2D eigenvalue weighted by Crippen LogP contribution is 2.40. The van der Waals surface area contributed by atoms with Gasteiger partial charge in [-0.25, -0.2) is 0 Å². The molecule has 3 rings (SSSR count). The summed E-state index contributed by atoms with van der Waals surface area (Å²) in [5.74, 6) is 0.174. The maximum Gasteiger partial charge on any atom is 0.223 e. The molecule has 0 amide bonds. The average molecular weight is 507 g/mol. The van der Waals surface area contributed by atoms with E-state index in [0.717, 1.165) is 16.7 Å². The molecule has 0 fully saturated rings. The smallest absolute Gasteiger partial charge is 0.223 e. The number of hydrogen-bond acceptors (Lipinski definition) is 5. The zero-order valence-electron chi connectivity index (χ0n) is 22.2. The second-order valence-corrected chi connectivity index (χ2v) is 11.4. The zero-order chi connectivity index (χ0) is 26.6. The van der Waals surface area contributed by atoms with E-state index >= 15 is 0 Å². The summed E-state index contributed by atoms with van der Waals surface area (Å²) in [6.45, 7) is 14.2. The molecule has 6 heteroatoms. The summed E-state index contributed by atoms with van der Waals surface area (Å²) in [4.78, 5) is 27.1. The molecule has 3 aromatic rings. The fourth-order valence-corrected chi connectivity index (χ4v) is 5.90. The molecule has 0 radical (unpaired) electrons. The minimum atomic E-state index is -3.12. The van der Waals surface area contributed by atoms with E-state index in [0.29, 0.717) is 23.5 Å². The van der Waals surface area contributed by atoms with Crippen molar-refractivity contribution < 1.29 is 23.6 Å². The first kappa shape index (κ1) is 27.4. The molecule has 0 spiro atoms. The monoisotopic (exact) mass is 506 g/mol. The number of ether oxygens (including phenoxy) is 2. The quantitative estimate of drug-likeness (QED) is 0.240. The molecule has 0 aliphatic heterocycles.